The monoisotopic (exact) mass is 230 g/mol. The van der Waals surface area contributed by atoms with Crippen molar-refractivity contribution in [2.45, 2.75) is 33.7 Å². The Kier molecular flexibility index (Phi) is 2.92. The minimum atomic E-state index is -0.00523. The highest BCUT2D eigenvalue weighted by Crippen LogP contribution is 2.23. The van der Waals surface area contributed by atoms with Crippen molar-refractivity contribution in [3.8, 4) is 0 Å². The van der Waals surface area contributed by atoms with Gasteiger partial charge in [0, 0.05) is 22.6 Å². The third-order valence-electron chi connectivity index (χ3n) is 2.79. The van der Waals surface area contributed by atoms with Crippen molar-refractivity contribution < 1.29 is 4.79 Å². The van der Waals surface area contributed by atoms with Crippen LogP contribution in [0.25, 0.3) is 10.9 Å². The first-order valence-corrected chi connectivity index (χ1v) is 5.89. The van der Waals surface area contributed by atoms with Crippen molar-refractivity contribution >= 4 is 16.8 Å². The molecule has 2 N–H and O–H groups in total. The summed E-state index contributed by atoms with van der Waals surface area (Å²) >= 11 is 0. The molecule has 1 aromatic carbocycles. The van der Waals surface area contributed by atoms with Crippen molar-refractivity contribution in [1.82, 2.24) is 10.3 Å². The second-order valence-electron chi connectivity index (χ2n) is 4.80. The lowest BCUT2D eigenvalue weighted by molar-refractivity contribution is 0.0944. The van der Waals surface area contributed by atoms with Crippen LogP contribution in [0.1, 0.15) is 35.5 Å². The summed E-state index contributed by atoms with van der Waals surface area (Å²) in [6.07, 6.45) is 0. The Morgan fingerprint density at radius 2 is 2.00 bits per heavy atom. The third-order valence-corrected chi connectivity index (χ3v) is 2.79. The van der Waals surface area contributed by atoms with E-state index < -0.39 is 0 Å². The Morgan fingerprint density at radius 3 is 2.65 bits per heavy atom. The molecule has 0 saturated heterocycles. The van der Waals surface area contributed by atoms with Gasteiger partial charge in [0.1, 0.15) is 0 Å². The van der Waals surface area contributed by atoms with Crippen LogP contribution in [0.15, 0.2) is 18.2 Å². The van der Waals surface area contributed by atoms with E-state index in [1.54, 1.807) is 0 Å². The number of carbonyl (C=O) groups excluding carboxylic acids is 1. The van der Waals surface area contributed by atoms with E-state index in [4.69, 9.17) is 0 Å². The fourth-order valence-electron chi connectivity index (χ4n) is 2.07. The van der Waals surface area contributed by atoms with Crippen LogP contribution in [0.4, 0.5) is 0 Å². The topological polar surface area (TPSA) is 44.9 Å². The van der Waals surface area contributed by atoms with E-state index in [2.05, 4.69) is 10.3 Å². The van der Waals surface area contributed by atoms with Gasteiger partial charge >= 0.3 is 0 Å². The fraction of sp³-hybridized carbons (Fsp3) is 0.357. The van der Waals surface area contributed by atoms with Crippen LogP contribution in [0.3, 0.4) is 0 Å². The van der Waals surface area contributed by atoms with Crippen molar-refractivity contribution in [2.24, 2.45) is 0 Å². The van der Waals surface area contributed by atoms with E-state index in [0.29, 0.717) is 0 Å². The van der Waals surface area contributed by atoms with Crippen molar-refractivity contribution in [2.75, 3.05) is 0 Å². The van der Waals surface area contributed by atoms with Crippen LogP contribution in [0.5, 0.6) is 0 Å². The van der Waals surface area contributed by atoms with Crippen molar-refractivity contribution in [1.29, 1.82) is 0 Å². The molecule has 1 heterocycles. The van der Waals surface area contributed by atoms with Gasteiger partial charge in [-0.25, -0.2) is 0 Å². The molecule has 2 aromatic rings. The average Bonchev–Trinajstić information content (AvgIpc) is 2.52. The van der Waals surface area contributed by atoms with Gasteiger partial charge in [-0.1, -0.05) is 11.6 Å². The number of nitrogens with one attached hydrogen (secondary N) is 2. The first kappa shape index (κ1) is 11.7. The van der Waals surface area contributed by atoms with E-state index in [1.165, 1.54) is 0 Å². The Bertz CT molecular complexity index is 567. The number of rotatable bonds is 2. The summed E-state index contributed by atoms with van der Waals surface area (Å²) in [6.45, 7) is 7.90. The number of fused-ring (bicyclic) bond motifs is 1. The number of aromatic nitrogens is 1. The Balaban J connectivity index is 2.55. The molecular formula is C14H18N2O. The smallest absolute Gasteiger partial charge is 0.253 e. The van der Waals surface area contributed by atoms with Crippen LogP contribution < -0.4 is 5.32 Å². The summed E-state index contributed by atoms with van der Waals surface area (Å²) in [5.41, 5.74) is 3.86. The molecule has 0 unspecified atom stereocenters. The zero-order valence-electron chi connectivity index (χ0n) is 10.7. The van der Waals surface area contributed by atoms with Gasteiger partial charge in [-0.3, -0.25) is 4.79 Å². The molecule has 0 bridgehead atoms. The maximum Gasteiger partial charge on any atom is 0.253 e. The zero-order chi connectivity index (χ0) is 12.6. The molecule has 1 amide bonds. The van der Waals surface area contributed by atoms with Crippen molar-refractivity contribution in [3.63, 3.8) is 0 Å². The van der Waals surface area contributed by atoms with Crippen LogP contribution in [0.2, 0.25) is 0 Å². The molecular weight excluding hydrogens is 212 g/mol. The number of aryl methyl sites for hydroxylation is 2. The van der Waals surface area contributed by atoms with E-state index in [9.17, 15) is 4.79 Å². The fourth-order valence-corrected chi connectivity index (χ4v) is 2.07. The molecule has 0 aliphatic heterocycles. The number of amides is 1. The maximum absolute atomic E-state index is 12.1. The normalized spacial score (nSPS) is 11.1. The highest BCUT2D eigenvalue weighted by Gasteiger charge is 2.16. The van der Waals surface area contributed by atoms with Gasteiger partial charge in [0.05, 0.1) is 5.56 Å². The number of hydrogen-bond donors (Lipinski definition) is 2. The van der Waals surface area contributed by atoms with Gasteiger partial charge in [0.25, 0.3) is 5.91 Å². The van der Waals surface area contributed by atoms with Crippen LogP contribution in [0, 0.1) is 13.8 Å². The van der Waals surface area contributed by atoms with Gasteiger partial charge in [0.15, 0.2) is 0 Å². The van der Waals surface area contributed by atoms with Gasteiger partial charge in [-0.2, -0.15) is 0 Å². The lowest BCUT2D eigenvalue weighted by Crippen LogP contribution is -2.30. The second kappa shape index (κ2) is 4.24. The molecule has 0 radical (unpaired) electrons. The minimum absolute atomic E-state index is 0.00523. The molecule has 0 fully saturated rings. The highest BCUT2D eigenvalue weighted by atomic mass is 16.1. The quantitative estimate of drug-likeness (QED) is 0.818. The molecule has 0 aliphatic rings. The summed E-state index contributed by atoms with van der Waals surface area (Å²) in [4.78, 5) is 15.4. The number of benzene rings is 1. The average molecular weight is 230 g/mol. The Hall–Kier alpha value is -1.77. The second-order valence-corrected chi connectivity index (χ2v) is 4.80. The lowest BCUT2D eigenvalue weighted by Gasteiger charge is -2.08. The van der Waals surface area contributed by atoms with Crippen LogP contribution in [-0.2, 0) is 0 Å². The first-order valence-electron chi connectivity index (χ1n) is 5.89. The van der Waals surface area contributed by atoms with Gasteiger partial charge < -0.3 is 10.3 Å². The van der Waals surface area contributed by atoms with Gasteiger partial charge in [0.2, 0.25) is 0 Å². The summed E-state index contributed by atoms with van der Waals surface area (Å²) in [5.74, 6) is -0.00523. The molecule has 3 heteroatoms. The molecule has 17 heavy (non-hydrogen) atoms. The standard InChI is InChI=1S/C14H18N2O/c1-8(2)15-14(17)13-10(4)16-12-6-5-9(3)7-11(12)13/h5-8,16H,1-4H3,(H,15,17). The largest absolute Gasteiger partial charge is 0.358 e. The molecule has 2 rings (SSSR count). The molecule has 0 saturated carbocycles. The molecule has 0 aliphatic carbocycles. The van der Waals surface area contributed by atoms with E-state index >= 15 is 0 Å². The predicted octanol–water partition coefficient (Wildman–Crippen LogP) is 2.92. The highest BCUT2D eigenvalue weighted by molar-refractivity contribution is 6.08. The maximum atomic E-state index is 12.1. The molecule has 0 atom stereocenters. The van der Waals surface area contributed by atoms with Crippen molar-refractivity contribution in [3.05, 3.63) is 35.0 Å². The van der Waals surface area contributed by atoms with Crippen LogP contribution >= 0.6 is 0 Å². The third kappa shape index (κ3) is 2.18. The summed E-state index contributed by atoms with van der Waals surface area (Å²) in [7, 11) is 0. The predicted molar refractivity (Wildman–Crippen MR) is 70.4 cm³/mol. The lowest BCUT2D eigenvalue weighted by atomic mass is 10.1. The van der Waals surface area contributed by atoms with E-state index in [-0.39, 0.29) is 11.9 Å². The van der Waals surface area contributed by atoms with E-state index in [1.807, 2.05) is 45.9 Å². The molecule has 1 aromatic heterocycles. The number of aromatic amines is 1. The molecule has 0 spiro atoms. The number of hydrogen-bond acceptors (Lipinski definition) is 1. The Labute approximate surface area is 101 Å². The van der Waals surface area contributed by atoms with Gasteiger partial charge in [-0.15, -0.1) is 0 Å². The number of H-pyrrole nitrogens is 1. The number of carbonyl (C=O) groups is 1. The van der Waals surface area contributed by atoms with Gasteiger partial charge in [-0.05, 0) is 39.8 Å². The summed E-state index contributed by atoms with van der Waals surface area (Å²) in [6, 6.07) is 6.26. The molecule has 90 valence electrons. The Morgan fingerprint density at radius 1 is 1.29 bits per heavy atom. The first-order chi connectivity index (χ1) is 7.99. The minimum Gasteiger partial charge on any atom is -0.358 e. The zero-order valence-corrected chi connectivity index (χ0v) is 10.7. The summed E-state index contributed by atoms with van der Waals surface area (Å²) < 4.78 is 0. The van der Waals surface area contributed by atoms with E-state index in [0.717, 1.165) is 27.7 Å². The summed E-state index contributed by atoms with van der Waals surface area (Å²) in [5, 5.41) is 3.94. The SMILES string of the molecule is Cc1ccc2[nH]c(C)c(C(=O)NC(C)C)c2c1. The molecule has 3 nitrogen and oxygen atoms in total. The van der Waals surface area contributed by atoms with Crippen LogP contribution in [-0.4, -0.2) is 16.9 Å².